The molecule has 8 aromatic rings. The molecule has 0 aromatic heterocycles. The van der Waals surface area contributed by atoms with Gasteiger partial charge >= 0.3 is 70.4 Å². The zero-order chi connectivity index (χ0) is 102. The average Bonchev–Trinajstić information content (AvgIpc) is 0.809. The lowest BCUT2D eigenvalue weighted by Crippen LogP contribution is -2.56. The Bertz CT molecular complexity index is 4500. The molecule has 0 radical (unpaired) electrons. The Hall–Kier alpha value is -8.38. The van der Waals surface area contributed by atoms with Gasteiger partial charge in [0.05, 0.1) is 0 Å². The minimum atomic E-state index is -2.91. The summed E-state index contributed by atoms with van der Waals surface area (Å²) in [6, 6.07) is 59.1. The number of carbonyl (C=O) groups excluding carboxylic acids is 4. The Morgan fingerprint density at radius 3 is 0.559 bits per heavy atom. The van der Waals surface area contributed by atoms with Crippen molar-refractivity contribution in [1.82, 2.24) is 0 Å². The molecule has 0 bridgehead atoms. The molecular weight excluding hydrogens is 1890 g/mol. The summed E-state index contributed by atoms with van der Waals surface area (Å²) in [5, 5.41) is 17.9. The van der Waals surface area contributed by atoms with E-state index in [2.05, 4.69) is 21.3 Å². The van der Waals surface area contributed by atoms with E-state index in [1.54, 1.807) is 122 Å². The highest BCUT2D eigenvalue weighted by Gasteiger charge is 2.48. The second-order valence-electron chi connectivity index (χ2n) is 27.6. The molecule has 0 aliphatic carbocycles. The number of rotatable bonds is 48. The first-order chi connectivity index (χ1) is 65.0. The van der Waals surface area contributed by atoms with Crippen LogP contribution >= 0.6 is 0 Å². The number of benzene rings is 8. The van der Waals surface area contributed by atoms with Crippen LogP contribution in [-0.4, -0.2) is 259 Å². The summed E-state index contributed by atoms with van der Waals surface area (Å²) in [5.74, 6) is -0.438. The predicted octanol–water partition coefficient (Wildman–Crippen LogP) is 9.02. The lowest BCUT2D eigenvalue weighted by atomic mass is 10.3. The number of hydrogen-bond donors (Lipinski definition) is 8. The molecule has 0 unspecified atom stereocenters. The van der Waals surface area contributed by atoms with Gasteiger partial charge in [0.2, 0.25) is 23.6 Å². The van der Waals surface area contributed by atoms with E-state index in [9.17, 15) is 19.2 Å². The quantitative estimate of drug-likeness (QED) is 0.0130. The third kappa shape index (κ3) is 40.4. The van der Waals surface area contributed by atoms with Crippen molar-refractivity contribution in [3.63, 3.8) is 0 Å². The molecule has 0 aliphatic rings. The van der Waals surface area contributed by atoms with Crippen LogP contribution in [0.1, 0.15) is 111 Å². The van der Waals surface area contributed by atoms with E-state index >= 15 is 0 Å². The van der Waals surface area contributed by atoms with Crippen LogP contribution in [0.25, 0.3) is 0 Å². The van der Waals surface area contributed by atoms with Gasteiger partial charge in [-0.1, -0.05) is 97.1 Å². The predicted molar refractivity (Wildman–Crippen MR) is 553 cm³/mol. The molecular formula is C92H152N8O28Si8. The Morgan fingerprint density at radius 1 is 0.199 bits per heavy atom. The maximum Gasteiger partial charge on any atom is 0.537 e. The molecule has 44 heteroatoms. The van der Waals surface area contributed by atoms with Crippen molar-refractivity contribution in [1.29, 1.82) is 0 Å². The lowest BCUT2D eigenvalue weighted by molar-refractivity contribution is -0.115. The van der Waals surface area contributed by atoms with Gasteiger partial charge in [-0.2, -0.15) is 0 Å². The molecule has 0 saturated carbocycles. The van der Waals surface area contributed by atoms with Crippen LogP contribution in [0, 0.1) is 0 Å². The minimum absolute atomic E-state index is 0.0966. The van der Waals surface area contributed by atoms with E-state index in [-0.39, 0.29) is 23.6 Å². The second-order valence-corrected chi connectivity index (χ2v) is 49.5. The first-order valence-electron chi connectivity index (χ1n) is 44.3. The fourth-order valence-electron chi connectivity index (χ4n) is 12.9. The van der Waals surface area contributed by atoms with Gasteiger partial charge in [-0.15, -0.1) is 0 Å². The van der Waals surface area contributed by atoms with E-state index in [1.165, 1.54) is 27.7 Å². The summed E-state index contributed by atoms with van der Waals surface area (Å²) >= 11 is 0. The monoisotopic (exact) mass is 2040 g/mol. The molecule has 136 heavy (non-hydrogen) atoms. The first-order valence-corrected chi connectivity index (χ1v) is 58.1. The highest BCUT2D eigenvalue weighted by Crippen LogP contribution is 2.21. The van der Waals surface area contributed by atoms with Crippen LogP contribution in [0.15, 0.2) is 194 Å². The smallest absolute Gasteiger partial charge is 0.399 e. The maximum atomic E-state index is 11.2. The van der Waals surface area contributed by atoms with E-state index in [4.69, 9.17) is 129 Å². The van der Waals surface area contributed by atoms with Gasteiger partial charge in [0.1, 0.15) is 0 Å². The summed E-state index contributed by atoms with van der Waals surface area (Å²) < 4.78 is 134. The molecule has 8 aromatic carbocycles. The number of anilines is 8. The fourth-order valence-corrected chi connectivity index (χ4v) is 30.2. The van der Waals surface area contributed by atoms with E-state index in [0.29, 0.717) is 108 Å². The molecule has 0 atom stereocenters. The highest BCUT2D eigenvalue weighted by atomic mass is 28.4. The van der Waals surface area contributed by atoms with Crippen molar-refractivity contribution < 1.29 is 125 Å². The van der Waals surface area contributed by atoms with Crippen LogP contribution in [0.4, 0.5) is 45.5 Å². The summed E-state index contributed by atoms with van der Waals surface area (Å²) in [4.78, 5) is 44.1. The summed E-state index contributed by atoms with van der Waals surface area (Å²) in [5.41, 5.74) is 28.4. The van der Waals surface area contributed by atoms with Crippen LogP contribution in [0.2, 0.25) is 0 Å². The lowest BCUT2D eigenvalue weighted by Gasteiger charge is -2.28. The van der Waals surface area contributed by atoms with Gasteiger partial charge in [0.15, 0.2) is 0 Å². The van der Waals surface area contributed by atoms with E-state index in [1.807, 2.05) is 241 Å². The van der Waals surface area contributed by atoms with E-state index in [0.717, 1.165) is 58.6 Å². The summed E-state index contributed by atoms with van der Waals surface area (Å²) in [7, 11) is -3.50. The van der Waals surface area contributed by atoms with Gasteiger partial charge < -0.3 is 150 Å². The molecule has 0 saturated heterocycles. The Balaban J connectivity index is 0.000000779. The molecule has 4 amide bonds. The molecule has 12 N–H and O–H groups in total. The van der Waals surface area contributed by atoms with Crippen LogP contribution in [0.5, 0.6) is 0 Å². The largest absolute Gasteiger partial charge is 0.537 e. The van der Waals surface area contributed by atoms with Crippen LogP contribution < -0.4 is 85.7 Å². The van der Waals surface area contributed by atoms with E-state index < -0.39 is 70.4 Å². The molecule has 0 fully saturated rings. The Morgan fingerprint density at radius 2 is 0.360 bits per heavy atom. The number of nitrogen functional groups attached to an aromatic ring is 4. The van der Waals surface area contributed by atoms with Crippen LogP contribution in [-0.2, 0) is 125 Å². The SMILES string of the molecule is CCO[Si](OCC)(OCC)c1ccc(N)cc1.CCO[Si](OCC)(OCC)c1ccc(NC(C)=O)cc1.CCO[Si](OCC)(OCC)c1cccc(N)c1.CCO[Si](OCC)(OCC)c1cccc(NC(C)=O)c1.CO[Si](OC)(OC)c1ccc(N)cc1.CO[Si](OC)(OC)c1ccc(NC(C)=O)cc1.CO[Si](OC)(OC)c1cccc(N)c1.CO[Si](OC)(OC)c1cccc(NC(C)=O)c1. The molecule has 0 heterocycles. The van der Waals surface area contributed by atoms with Crippen molar-refractivity contribution in [2.24, 2.45) is 0 Å². The summed E-state index contributed by atoms with van der Waals surface area (Å²) in [6.07, 6.45) is 0. The molecule has 36 nitrogen and oxygen atoms in total. The number of hydrogen-bond acceptors (Lipinski definition) is 32. The minimum Gasteiger partial charge on any atom is -0.399 e. The van der Waals surface area contributed by atoms with Gasteiger partial charge in [0, 0.05) is 279 Å². The third-order valence-electron chi connectivity index (χ3n) is 18.4. The molecule has 8 rings (SSSR count). The average molecular weight is 2040 g/mol. The van der Waals surface area contributed by atoms with Crippen molar-refractivity contribution in [2.45, 2.75) is 111 Å². The van der Waals surface area contributed by atoms with Gasteiger partial charge in [-0.3, -0.25) is 19.2 Å². The van der Waals surface area contributed by atoms with Crippen LogP contribution in [0.3, 0.4) is 0 Å². The van der Waals surface area contributed by atoms with Gasteiger partial charge in [-0.25, -0.2) is 0 Å². The van der Waals surface area contributed by atoms with Gasteiger partial charge in [0.25, 0.3) is 0 Å². The maximum absolute atomic E-state index is 11.2. The van der Waals surface area contributed by atoms with Crippen molar-refractivity contribution in [3.05, 3.63) is 194 Å². The third-order valence-corrected chi connectivity index (χ3v) is 41.1. The second kappa shape index (κ2) is 67.8. The molecule has 0 spiro atoms. The normalized spacial score (nSPS) is 11.5. The van der Waals surface area contributed by atoms with Gasteiger partial charge in [-0.05, 0) is 180 Å². The highest BCUT2D eigenvalue weighted by molar-refractivity contribution is 6.78. The number of amides is 4. The molecule has 760 valence electrons. The number of nitrogens with one attached hydrogen (secondary N) is 4. The standard InChI is InChI=1S/2C14H23NO4Si.2C12H21NO3Si.2C11H17NO4Si.2C9H15NO3Si/c1-5-17-20(18-6-2,19-7-3)14-10-8-13(9-11-14)15-12(4)16;1-5-17-20(18-6-2,19-7-3)14-10-8-9-13(11-14)15-12(4)16;1-4-14-17(15-5-2,16-6-3)12-9-7-11(13)8-10-12;1-4-14-17(15-5-2,16-6-3)12-9-7-8-11(13)10-12;1-9(13)12-10-5-7-11(8-6-10)17(14-2,15-3)16-4;1-9(13)12-10-6-5-7-11(8-10)17(14-2,15-3)16-4;1-11-14(12-2,13-3)9-6-4-8(10)5-7-9;1-11-14(12-2,13-3)9-6-4-5-8(10)7-9/h2*8-11H,5-7H2,1-4H3,(H,15,16);2*7-10H,4-6,13H2,1-3H3;2*5-8H,1-4H3,(H,12,13);2*4-7H,10H2,1-3H3. The van der Waals surface area contributed by atoms with Crippen molar-refractivity contribution in [3.8, 4) is 0 Å². The van der Waals surface area contributed by atoms with Crippen molar-refractivity contribution >= 4 is 181 Å². The summed E-state index contributed by atoms with van der Waals surface area (Å²) in [6.45, 7) is 35.5. The Labute approximate surface area is 815 Å². The number of nitrogens with two attached hydrogens (primary N) is 4. The first kappa shape index (κ1) is 126. The zero-order valence-electron chi connectivity index (χ0n) is 84.7. The topological polar surface area (TPSA) is 442 Å². The van der Waals surface area contributed by atoms with Crippen molar-refractivity contribution in [2.75, 3.05) is 209 Å². The Kier molecular flexibility index (Phi) is 62.7. The molecule has 0 aliphatic heterocycles. The fraction of sp³-hybridized carbons (Fsp3) is 0.435. The zero-order valence-corrected chi connectivity index (χ0v) is 92.7. The number of carbonyl (C=O) groups is 4.